The predicted octanol–water partition coefficient (Wildman–Crippen LogP) is 1.32. The van der Waals surface area contributed by atoms with Crippen molar-refractivity contribution in [1.29, 1.82) is 0 Å². The van der Waals surface area contributed by atoms with Crippen LogP contribution in [0.3, 0.4) is 0 Å². The lowest BCUT2D eigenvalue weighted by atomic mass is 9.98. The normalized spacial score (nSPS) is 22.2. The van der Waals surface area contributed by atoms with Crippen LogP contribution in [0.5, 0.6) is 0 Å². The van der Waals surface area contributed by atoms with E-state index in [4.69, 9.17) is 10.5 Å². The molecule has 0 bridgehead atoms. The summed E-state index contributed by atoms with van der Waals surface area (Å²) in [4.78, 5) is 0. The van der Waals surface area contributed by atoms with Gasteiger partial charge in [-0.3, -0.25) is 0 Å². The van der Waals surface area contributed by atoms with E-state index in [9.17, 15) is 0 Å². The molecule has 1 saturated heterocycles. The minimum Gasteiger partial charge on any atom is -0.381 e. The molecule has 0 radical (unpaired) electrons. The highest BCUT2D eigenvalue weighted by molar-refractivity contribution is 5.02. The van der Waals surface area contributed by atoms with Gasteiger partial charge in [0.2, 0.25) is 0 Å². The molecule has 2 N–H and O–H groups in total. The van der Waals surface area contributed by atoms with E-state index >= 15 is 0 Å². The Balaban J connectivity index is 2.34. The first kappa shape index (κ1) is 8.75. The Morgan fingerprint density at radius 3 is 2.73 bits per heavy atom. The van der Waals surface area contributed by atoms with Gasteiger partial charge in [-0.1, -0.05) is 11.6 Å². The van der Waals surface area contributed by atoms with E-state index in [1.165, 1.54) is 5.57 Å². The van der Waals surface area contributed by atoms with E-state index in [0.717, 1.165) is 26.1 Å². The molecule has 11 heavy (non-hydrogen) atoms. The first-order valence-corrected chi connectivity index (χ1v) is 4.28. The van der Waals surface area contributed by atoms with Gasteiger partial charge in [0.25, 0.3) is 0 Å². The van der Waals surface area contributed by atoms with E-state index < -0.39 is 0 Å². The fourth-order valence-electron chi connectivity index (χ4n) is 1.35. The molecule has 0 aromatic rings. The van der Waals surface area contributed by atoms with Crippen LogP contribution in [-0.2, 0) is 4.74 Å². The van der Waals surface area contributed by atoms with Crippen molar-refractivity contribution in [3.8, 4) is 0 Å². The highest BCUT2D eigenvalue weighted by Gasteiger charge is 2.10. The van der Waals surface area contributed by atoms with Crippen molar-refractivity contribution in [1.82, 2.24) is 0 Å². The Kier molecular flexibility index (Phi) is 3.60. The summed E-state index contributed by atoms with van der Waals surface area (Å²) in [6.45, 7) is 4.62. The molecular formula is C9H17NO. The highest BCUT2D eigenvalue weighted by Crippen LogP contribution is 2.17. The van der Waals surface area contributed by atoms with Gasteiger partial charge in [-0.05, 0) is 25.7 Å². The van der Waals surface area contributed by atoms with Crippen LogP contribution in [0.1, 0.15) is 19.8 Å². The summed E-state index contributed by atoms with van der Waals surface area (Å²) < 4.78 is 5.25. The van der Waals surface area contributed by atoms with Gasteiger partial charge < -0.3 is 10.5 Å². The standard InChI is InChI=1S/C9H17NO/c1-8(7-10)6-9-2-4-11-5-3-9/h6,9H,2-5,7,10H2,1H3/b8-6+. The number of ether oxygens (including phenoxy) is 1. The molecule has 1 fully saturated rings. The number of nitrogens with two attached hydrogens (primary N) is 1. The van der Waals surface area contributed by atoms with Crippen molar-refractivity contribution < 1.29 is 4.74 Å². The topological polar surface area (TPSA) is 35.2 Å². The van der Waals surface area contributed by atoms with E-state index in [-0.39, 0.29) is 0 Å². The van der Waals surface area contributed by atoms with Crippen LogP contribution < -0.4 is 5.73 Å². The van der Waals surface area contributed by atoms with E-state index in [2.05, 4.69) is 13.0 Å². The molecule has 1 rings (SSSR count). The quantitative estimate of drug-likeness (QED) is 0.610. The van der Waals surface area contributed by atoms with E-state index in [1.807, 2.05) is 0 Å². The Bertz CT molecular complexity index is 136. The first-order valence-electron chi connectivity index (χ1n) is 4.28. The lowest BCUT2D eigenvalue weighted by Gasteiger charge is -2.19. The smallest absolute Gasteiger partial charge is 0.0471 e. The molecule has 0 saturated carbocycles. The molecule has 0 unspecified atom stereocenters. The summed E-state index contributed by atoms with van der Waals surface area (Å²) in [7, 11) is 0. The van der Waals surface area contributed by atoms with Gasteiger partial charge >= 0.3 is 0 Å². The number of hydrogen-bond donors (Lipinski definition) is 1. The molecule has 1 heterocycles. The van der Waals surface area contributed by atoms with Crippen LogP contribution in [0.25, 0.3) is 0 Å². The maximum atomic E-state index is 5.49. The fourth-order valence-corrected chi connectivity index (χ4v) is 1.35. The minimum absolute atomic E-state index is 0.692. The van der Waals surface area contributed by atoms with Gasteiger partial charge in [0.15, 0.2) is 0 Å². The maximum Gasteiger partial charge on any atom is 0.0471 e. The molecule has 64 valence electrons. The molecule has 0 amide bonds. The fraction of sp³-hybridized carbons (Fsp3) is 0.778. The zero-order chi connectivity index (χ0) is 8.10. The summed E-state index contributed by atoms with van der Waals surface area (Å²) >= 11 is 0. The Hall–Kier alpha value is -0.340. The first-order chi connectivity index (χ1) is 5.33. The summed E-state index contributed by atoms with van der Waals surface area (Å²) in [6, 6.07) is 0. The van der Waals surface area contributed by atoms with Crippen molar-refractivity contribution in [2.75, 3.05) is 19.8 Å². The molecule has 1 aliphatic rings. The van der Waals surface area contributed by atoms with Crippen molar-refractivity contribution in [3.63, 3.8) is 0 Å². The lowest BCUT2D eigenvalue weighted by Crippen LogP contribution is -2.14. The third-order valence-corrected chi connectivity index (χ3v) is 2.11. The molecule has 2 heteroatoms. The Morgan fingerprint density at radius 1 is 1.55 bits per heavy atom. The second kappa shape index (κ2) is 4.52. The molecule has 0 aliphatic carbocycles. The summed E-state index contributed by atoms with van der Waals surface area (Å²) in [5, 5.41) is 0. The van der Waals surface area contributed by atoms with Gasteiger partial charge in [-0.2, -0.15) is 0 Å². The largest absolute Gasteiger partial charge is 0.381 e. The molecule has 0 aromatic carbocycles. The van der Waals surface area contributed by atoms with E-state index in [1.54, 1.807) is 0 Å². The molecule has 1 aliphatic heterocycles. The van der Waals surface area contributed by atoms with Crippen LogP contribution in [0.2, 0.25) is 0 Å². The van der Waals surface area contributed by atoms with Crippen LogP contribution in [-0.4, -0.2) is 19.8 Å². The third-order valence-electron chi connectivity index (χ3n) is 2.11. The van der Waals surface area contributed by atoms with Crippen LogP contribution in [0.15, 0.2) is 11.6 Å². The zero-order valence-electron chi connectivity index (χ0n) is 7.18. The zero-order valence-corrected chi connectivity index (χ0v) is 7.18. The predicted molar refractivity (Wildman–Crippen MR) is 46.4 cm³/mol. The SMILES string of the molecule is C/C(=C\C1CCOCC1)CN. The molecular weight excluding hydrogens is 138 g/mol. The molecule has 0 spiro atoms. The summed E-state index contributed by atoms with van der Waals surface area (Å²) in [6.07, 6.45) is 4.62. The second-order valence-corrected chi connectivity index (χ2v) is 3.17. The number of rotatable bonds is 2. The van der Waals surface area contributed by atoms with Crippen molar-refractivity contribution in [2.24, 2.45) is 11.7 Å². The molecule has 0 atom stereocenters. The van der Waals surface area contributed by atoms with Gasteiger partial charge in [-0.25, -0.2) is 0 Å². The van der Waals surface area contributed by atoms with Crippen molar-refractivity contribution in [2.45, 2.75) is 19.8 Å². The number of hydrogen-bond acceptors (Lipinski definition) is 2. The van der Waals surface area contributed by atoms with Gasteiger partial charge in [-0.15, -0.1) is 0 Å². The summed E-state index contributed by atoms with van der Waals surface area (Å²) in [5.74, 6) is 0.715. The maximum absolute atomic E-state index is 5.49. The minimum atomic E-state index is 0.692. The summed E-state index contributed by atoms with van der Waals surface area (Å²) in [5.41, 5.74) is 6.79. The van der Waals surface area contributed by atoms with Crippen molar-refractivity contribution >= 4 is 0 Å². The average molecular weight is 155 g/mol. The van der Waals surface area contributed by atoms with Crippen LogP contribution in [0, 0.1) is 5.92 Å². The van der Waals surface area contributed by atoms with Gasteiger partial charge in [0.05, 0.1) is 0 Å². The Labute approximate surface area is 68.4 Å². The second-order valence-electron chi connectivity index (χ2n) is 3.17. The van der Waals surface area contributed by atoms with Crippen molar-refractivity contribution in [3.05, 3.63) is 11.6 Å². The average Bonchev–Trinajstić information content (AvgIpc) is 2.06. The monoisotopic (exact) mass is 155 g/mol. The molecule has 0 aromatic heterocycles. The molecule has 2 nitrogen and oxygen atoms in total. The van der Waals surface area contributed by atoms with E-state index in [0.29, 0.717) is 12.5 Å². The highest BCUT2D eigenvalue weighted by atomic mass is 16.5. The van der Waals surface area contributed by atoms with Gasteiger partial charge in [0.1, 0.15) is 0 Å². The van der Waals surface area contributed by atoms with Crippen LogP contribution in [0.4, 0.5) is 0 Å². The third kappa shape index (κ3) is 3.04. The number of allylic oxidation sites excluding steroid dienone is 1. The Morgan fingerprint density at radius 2 is 2.18 bits per heavy atom. The van der Waals surface area contributed by atoms with Gasteiger partial charge in [0, 0.05) is 19.8 Å². The lowest BCUT2D eigenvalue weighted by molar-refractivity contribution is 0.0783. The van der Waals surface area contributed by atoms with Crippen LogP contribution >= 0.6 is 0 Å².